The van der Waals surface area contributed by atoms with Gasteiger partial charge < -0.3 is 9.84 Å². The molecule has 0 aliphatic carbocycles. The molecule has 3 aromatic heterocycles. The van der Waals surface area contributed by atoms with E-state index in [2.05, 4.69) is 25.5 Å². The van der Waals surface area contributed by atoms with Crippen molar-refractivity contribution in [2.45, 2.75) is 20.4 Å². The first-order valence-electron chi connectivity index (χ1n) is 7.17. The fourth-order valence-corrected chi connectivity index (χ4v) is 2.18. The van der Waals surface area contributed by atoms with Crippen molar-refractivity contribution in [1.82, 2.24) is 30.2 Å². The van der Waals surface area contributed by atoms with Crippen LogP contribution in [0.3, 0.4) is 0 Å². The van der Waals surface area contributed by atoms with Gasteiger partial charge in [-0.3, -0.25) is 14.5 Å². The van der Waals surface area contributed by atoms with Crippen molar-refractivity contribution in [1.29, 1.82) is 0 Å². The van der Waals surface area contributed by atoms with Crippen molar-refractivity contribution in [3.8, 4) is 11.4 Å². The molecule has 0 saturated heterocycles. The Balaban J connectivity index is 1.59. The van der Waals surface area contributed by atoms with Gasteiger partial charge in [-0.1, -0.05) is 5.16 Å². The minimum Gasteiger partial charge on any atom is -0.346 e. The van der Waals surface area contributed by atoms with Gasteiger partial charge in [-0.25, -0.2) is 0 Å². The number of nitrogens with zero attached hydrogens (tertiary/aromatic N) is 5. The van der Waals surface area contributed by atoms with E-state index in [1.165, 1.54) is 0 Å². The first kappa shape index (κ1) is 14.9. The molecule has 1 N–H and O–H groups in total. The molecule has 1 amide bonds. The number of nitrogens with one attached hydrogen (secondary N) is 1. The largest absolute Gasteiger partial charge is 0.346 e. The lowest BCUT2D eigenvalue weighted by molar-refractivity contribution is 0.0908. The predicted molar refractivity (Wildman–Crippen MR) is 81.6 cm³/mol. The SMILES string of the molecule is Cc1cc(C)n(CCNC(=O)c2nc(-c3cccnc3)no2)n1. The van der Waals surface area contributed by atoms with Gasteiger partial charge in [0.05, 0.1) is 12.2 Å². The van der Waals surface area contributed by atoms with Gasteiger partial charge >= 0.3 is 11.8 Å². The summed E-state index contributed by atoms with van der Waals surface area (Å²) in [4.78, 5) is 20.1. The molecule has 118 valence electrons. The highest BCUT2D eigenvalue weighted by atomic mass is 16.5. The summed E-state index contributed by atoms with van der Waals surface area (Å²) in [6.07, 6.45) is 3.26. The molecule has 3 rings (SSSR count). The Hall–Kier alpha value is -3.03. The summed E-state index contributed by atoms with van der Waals surface area (Å²) in [6, 6.07) is 5.54. The molecule has 0 bridgehead atoms. The minimum absolute atomic E-state index is 0.0720. The number of aryl methyl sites for hydroxylation is 2. The zero-order valence-electron chi connectivity index (χ0n) is 12.9. The van der Waals surface area contributed by atoms with E-state index < -0.39 is 5.91 Å². The number of carbonyl (C=O) groups excluding carboxylic acids is 1. The molecule has 0 atom stereocenters. The van der Waals surface area contributed by atoms with Crippen LogP contribution in [0.5, 0.6) is 0 Å². The average molecular weight is 312 g/mol. The molecule has 3 heterocycles. The van der Waals surface area contributed by atoms with Crippen LogP contribution in [-0.2, 0) is 6.54 Å². The molecule has 0 radical (unpaired) electrons. The molecular formula is C15H16N6O2. The Morgan fingerprint density at radius 1 is 1.39 bits per heavy atom. The third kappa shape index (κ3) is 3.42. The Bertz CT molecular complexity index is 808. The summed E-state index contributed by atoms with van der Waals surface area (Å²) in [5, 5.41) is 10.9. The third-order valence-electron chi connectivity index (χ3n) is 3.25. The lowest BCUT2D eigenvalue weighted by Crippen LogP contribution is -2.28. The highest BCUT2D eigenvalue weighted by molar-refractivity contribution is 5.89. The van der Waals surface area contributed by atoms with Crippen molar-refractivity contribution in [3.63, 3.8) is 0 Å². The summed E-state index contributed by atoms with van der Waals surface area (Å²) >= 11 is 0. The summed E-state index contributed by atoms with van der Waals surface area (Å²) < 4.78 is 6.83. The van der Waals surface area contributed by atoms with Crippen LogP contribution in [0.15, 0.2) is 35.1 Å². The fourth-order valence-electron chi connectivity index (χ4n) is 2.18. The first-order chi connectivity index (χ1) is 11.1. The van der Waals surface area contributed by atoms with Crippen molar-refractivity contribution in [2.75, 3.05) is 6.54 Å². The third-order valence-corrected chi connectivity index (χ3v) is 3.25. The normalized spacial score (nSPS) is 10.7. The fraction of sp³-hybridized carbons (Fsp3) is 0.267. The van der Waals surface area contributed by atoms with Gasteiger partial charge in [-0.15, -0.1) is 0 Å². The summed E-state index contributed by atoms with van der Waals surface area (Å²) in [5.41, 5.74) is 2.69. The summed E-state index contributed by atoms with van der Waals surface area (Å²) in [7, 11) is 0. The van der Waals surface area contributed by atoms with Crippen LogP contribution < -0.4 is 5.32 Å². The van der Waals surface area contributed by atoms with E-state index in [1.54, 1.807) is 24.5 Å². The monoisotopic (exact) mass is 312 g/mol. The quantitative estimate of drug-likeness (QED) is 0.764. The molecule has 0 aliphatic heterocycles. The molecule has 0 spiro atoms. The maximum absolute atomic E-state index is 12.0. The van der Waals surface area contributed by atoms with Crippen molar-refractivity contribution in [3.05, 3.63) is 47.9 Å². The van der Waals surface area contributed by atoms with Gasteiger partial charge in [0, 0.05) is 30.2 Å². The number of hydrogen-bond acceptors (Lipinski definition) is 6. The Morgan fingerprint density at radius 2 is 2.26 bits per heavy atom. The van der Waals surface area contributed by atoms with Gasteiger partial charge in [0.25, 0.3) is 0 Å². The van der Waals surface area contributed by atoms with Gasteiger partial charge in [0.2, 0.25) is 5.82 Å². The molecule has 0 aliphatic rings. The molecular weight excluding hydrogens is 296 g/mol. The van der Waals surface area contributed by atoms with Crippen molar-refractivity contribution < 1.29 is 9.32 Å². The van der Waals surface area contributed by atoms with Gasteiger partial charge in [-0.2, -0.15) is 10.1 Å². The lowest BCUT2D eigenvalue weighted by Gasteiger charge is -2.04. The molecule has 0 unspecified atom stereocenters. The van der Waals surface area contributed by atoms with Gasteiger partial charge in [0.1, 0.15) is 0 Å². The van der Waals surface area contributed by atoms with Crippen molar-refractivity contribution in [2.24, 2.45) is 0 Å². The van der Waals surface area contributed by atoms with Crippen LogP contribution in [-0.4, -0.2) is 37.4 Å². The molecule has 3 aromatic rings. The van der Waals surface area contributed by atoms with Crippen LogP contribution >= 0.6 is 0 Å². The molecule has 0 fully saturated rings. The molecule has 8 nitrogen and oxygen atoms in total. The maximum Gasteiger partial charge on any atom is 0.316 e. The minimum atomic E-state index is -0.408. The smallest absolute Gasteiger partial charge is 0.316 e. The number of aromatic nitrogens is 5. The van der Waals surface area contributed by atoms with E-state index in [0.717, 1.165) is 11.4 Å². The number of rotatable bonds is 5. The highest BCUT2D eigenvalue weighted by Crippen LogP contribution is 2.13. The number of pyridine rings is 1. The summed E-state index contributed by atoms with van der Waals surface area (Å²) in [5.74, 6) is -0.145. The zero-order valence-corrected chi connectivity index (χ0v) is 12.9. The zero-order chi connectivity index (χ0) is 16.2. The molecule has 23 heavy (non-hydrogen) atoms. The van der Waals surface area contributed by atoms with E-state index in [4.69, 9.17) is 4.52 Å². The molecule has 0 saturated carbocycles. The maximum atomic E-state index is 12.0. The van der Waals surface area contributed by atoms with Crippen LogP contribution in [0.25, 0.3) is 11.4 Å². The van der Waals surface area contributed by atoms with Crippen LogP contribution in [0.4, 0.5) is 0 Å². The Kier molecular flexibility index (Phi) is 4.13. The Labute approximate surface area is 132 Å². The van der Waals surface area contributed by atoms with E-state index in [9.17, 15) is 4.79 Å². The van der Waals surface area contributed by atoms with E-state index in [-0.39, 0.29) is 5.89 Å². The second kappa shape index (κ2) is 6.39. The summed E-state index contributed by atoms with van der Waals surface area (Å²) in [6.45, 7) is 4.90. The van der Waals surface area contributed by atoms with Crippen molar-refractivity contribution >= 4 is 5.91 Å². The van der Waals surface area contributed by atoms with E-state index >= 15 is 0 Å². The van der Waals surface area contributed by atoms with Crippen LogP contribution in [0.2, 0.25) is 0 Å². The topological polar surface area (TPSA) is 98.7 Å². The van der Waals surface area contributed by atoms with Gasteiger partial charge in [-0.05, 0) is 32.0 Å². The lowest BCUT2D eigenvalue weighted by atomic mass is 10.3. The van der Waals surface area contributed by atoms with Crippen LogP contribution in [0, 0.1) is 13.8 Å². The Morgan fingerprint density at radius 3 is 2.96 bits per heavy atom. The van der Waals surface area contributed by atoms with Gasteiger partial charge in [0.15, 0.2) is 0 Å². The standard InChI is InChI=1S/C15H16N6O2/c1-10-8-11(2)21(19-10)7-6-17-14(22)15-18-13(20-23-15)12-4-3-5-16-9-12/h3-5,8-9H,6-7H2,1-2H3,(H,17,22). The second-order valence-electron chi connectivity index (χ2n) is 5.07. The second-order valence-corrected chi connectivity index (χ2v) is 5.07. The van der Waals surface area contributed by atoms with E-state index in [0.29, 0.717) is 24.5 Å². The average Bonchev–Trinajstić information content (AvgIpc) is 3.15. The molecule has 0 aromatic carbocycles. The molecule has 8 heteroatoms. The number of carbonyl (C=O) groups is 1. The van der Waals surface area contributed by atoms with Crippen LogP contribution in [0.1, 0.15) is 22.1 Å². The predicted octanol–water partition coefficient (Wildman–Crippen LogP) is 1.37. The highest BCUT2D eigenvalue weighted by Gasteiger charge is 2.15. The first-order valence-corrected chi connectivity index (χ1v) is 7.17. The van der Waals surface area contributed by atoms with E-state index in [1.807, 2.05) is 24.6 Å². The number of hydrogen-bond donors (Lipinski definition) is 1. The number of amides is 1.